The summed E-state index contributed by atoms with van der Waals surface area (Å²) in [6.07, 6.45) is 11.1. The van der Waals surface area contributed by atoms with E-state index in [2.05, 4.69) is 28.2 Å². The molecule has 0 spiro atoms. The Morgan fingerprint density at radius 3 is 2.38 bits per heavy atom. The second kappa shape index (κ2) is 5.23. The van der Waals surface area contributed by atoms with Crippen LogP contribution in [-0.2, 0) is 5.41 Å². The van der Waals surface area contributed by atoms with E-state index in [-0.39, 0.29) is 0 Å². The van der Waals surface area contributed by atoms with Crippen molar-refractivity contribution >= 4 is 0 Å². The third kappa shape index (κ3) is 2.36. The van der Waals surface area contributed by atoms with Crippen molar-refractivity contribution in [2.75, 3.05) is 19.6 Å². The highest BCUT2D eigenvalue weighted by Gasteiger charge is 2.39. The molecule has 2 aromatic rings. The first-order valence-electron chi connectivity index (χ1n) is 7.95. The van der Waals surface area contributed by atoms with Crippen LogP contribution < -0.4 is 0 Å². The maximum Gasteiger partial charge on any atom is 0.0703 e. The number of piperidine rings is 2. The van der Waals surface area contributed by atoms with Crippen molar-refractivity contribution in [1.82, 2.24) is 14.9 Å². The molecule has 3 nitrogen and oxygen atoms in total. The molecule has 2 fully saturated rings. The summed E-state index contributed by atoms with van der Waals surface area (Å²) < 4.78 is 0. The van der Waals surface area contributed by atoms with Gasteiger partial charge in [-0.15, -0.1) is 0 Å². The van der Waals surface area contributed by atoms with Crippen LogP contribution in [0.15, 0.2) is 42.9 Å². The lowest BCUT2D eigenvalue weighted by Crippen LogP contribution is -2.50. The Morgan fingerprint density at radius 2 is 1.71 bits per heavy atom. The van der Waals surface area contributed by atoms with Crippen LogP contribution in [0, 0.1) is 0 Å². The summed E-state index contributed by atoms with van der Waals surface area (Å²) >= 11 is 0. The molecule has 21 heavy (non-hydrogen) atoms. The summed E-state index contributed by atoms with van der Waals surface area (Å²) in [5.74, 6) is 0. The minimum absolute atomic E-state index is 0.361. The maximum absolute atomic E-state index is 4.72. The number of hydrogen-bond acceptors (Lipinski definition) is 3. The van der Waals surface area contributed by atoms with Crippen LogP contribution in [0.25, 0.3) is 11.3 Å². The van der Waals surface area contributed by atoms with Crippen molar-refractivity contribution in [2.24, 2.45) is 0 Å². The van der Waals surface area contributed by atoms with Crippen LogP contribution in [0.2, 0.25) is 0 Å². The number of aromatic nitrogens is 2. The summed E-state index contributed by atoms with van der Waals surface area (Å²) in [7, 11) is 0. The lowest BCUT2D eigenvalue weighted by molar-refractivity contribution is 0.0941. The fourth-order valence-corrected chi connectivity index (χ4v) is 4.04. The van der Waals surface area contributed by atoms with E-state index in [1.165, 1.54) is 50.9 Å². The van der Waals surface area contributed by atoms with Gasteiger partial charge in [-0.25, -0.2) is 0 Å². The maximum atomic E-state index is 4.72. The van der Waals surface area contributed by atoms with Gasteiger partial charge in [-0.2, -0.15) is 0 Å². The summed E-state index contributed by atoms with van der Waals surface area (Å²) in [6, 6.07) is 8.51. The SMILES string of the molecule is c1cc(-c2ccc(C34CCCN(CCC3)C4)cn2)ccn1. The minimum atomic E-state index is 0.361. The van der Waals surface area contributed by atoms with Gasteiger partial charge in [0, 0.05) is 36.1 Å². The number of rotatable bonds is 2. The monoisotopic (exact) mass is 279 g/mol. The van der Waals surface area contributed by atoms with E-state index in [9.17, 15) is 0 Å². The van der Waals surface area contributed by atoms with E-state index >= 15 is 0 Å². The number of hydrogen-bond donors (Lipinski definition) is 0. The summed E-state index contributed by atoms with van der Waals surface area (Å²) in [4.78, 5) is 11.4. The van der Waals surface area contributed by atoms with E-state index in [4.69, 9.17) is 4.98 Å². The first-order chi connectivity index (χ1) is 10.4. The fraction of sp³-hybridized carbons (Fsp3) is 0.444. The molecule has 2 bridgehead atoms. The molecule has 0 aromatic carbocycles. The minimum Gasteiger partial charge on any atom is -0.302 e. The third-order valence-electron chi connectivity index (χ3n) is 5.14. The van der Waals surface area contributed by atoms with E-state index < -0.39 is 0 Å². The predicted octanol–water partition coefficient (Wildman–Crippen LogP) is 3.27. The van der Waals surface area contributed by atoms with Crippen LogP contribution in [0.1, 0.15) is 31.2 Å². The Balaban J connectivity index is 1.64. The molecule has 0 unspecified atom stereocenters. The average molecular weight is 279 g/mol. The molecule has 2 saturated heterocycles. The van der Waals surface area contributed by atoms with Crippen LogP contribution in [0.3, 0.4) is 0 Å². The molecule has 2 aromatic heterocycles. The smallest absolute Gasteiger partial charge is 0.0703 e. The standard InChI is InChI=1S/C18H21N3/c1-7-18(8-2-12-21(11-1)14-18)16-3-4-17(20-13-16)15-5-9-19-10-6-15/h3-6,9-10,13H,1-2,7-8,11-12,14H2. The molecule has 0 amide bonds. The lowest BCUT2D eigenvalue weighted by atomic mass is 9.69. The van der Waals surface area contributed by atoms with Crippen LogP contribution in [0.5, 0.6) is 0 Å². The average Bonchev–Trinajstić information content (AvgIpc) is 2.56. The fourth-order valence-electron chi connectivity index (χ4n) is 4.04. The van der Waals surface area contributed by atoms with Gasteiger partial charge in [0.1, 0.15) is 0 Å². The van der Waals surface area contributed by atoms with Gasteiger partial charge in [0.05, 0.1) is 5.69 Å². The molecule has 2 aliphatic heterocycles. The van der Waals surface area contributed by atoms with Crippen molar-refractivity contribution in [1.29, 1.82) is 0 Å². The number of pyridine rings is 2. The Morgan fingerprint density at radius 1 is 0.952 bits per heavy atom. The van der Waals surface area contributed by atoms with Crippen molar-refractivity contribution in [3.63, 3.8) is 0 Å². The van der Waals surface area contributed by atoms with Gasteiger partial charge < -0.3 is 4.90 Å². The third-order valence-corrected chi connectivity index (χ3v) is 5.14. The Labute approximate surface area is 126 Å². The summed E-state index contributed by atoms with van der Waals surface area (Å²) in [5.41, 5.74) is 3.98. The highest BCUT2D eigenvalue weighted by molar-refractivity contribution is 5.58. The molecular formula is C18H21N3. The molecule has 0 saturated carbocycles. The Kier molecular flexibility index (Phi) is 3.23. The van der Waals surface area contributed by atoms with E-state index in [0.29, 0.717) is 5.41 Å². The zero-order chi connectivity index (χ0) is 14.1. The first-order valence-corrected chi connectivity index (χ1v) is 7.95. The number of nitrogens with zero attached hydrogens (tertiary/aromatic N) is 3. The van der Waals surface area contributed by atoms with Crippen molar-refractivity contribution in [3.05, 3.63) is 48.4 Å². The van der Waals surface area contributed by atoms with Gasteiger partial charge >= 0.3 is 0 Å². The highest BCUT2D eigenvalue weighted by Crippen LogP contribution is 2.41. The van der Waals surface area contributed by atoms with E-state index in [1.54, 1.807) is 0 Å². The van der Waals surface area contributed by atoms with Gasteiger partial charge in [0.25, 0.3) is 0 Å². The molecule has 0 aliphatic carbocycles. The Hall–Kier alpha value is -1.74. The summed E-state index contributed by atoms with van der Waals surface area (Å²) in [6.45, 7) is 3.79. The first kappa shape index (κ1) is 13.0. The molecule has 0 atom stereocenters. The molecule has 0 N–H and O–H groups in total. The van der Waals surface area contributed by atoms with Gasteiger partial charge in [-0.1, -0.05) is 6.07 Å². The van der Waals surface area contributed by atoms with Crippen molar-refractivity contribution < 1.29 is 0 Å². The summed E-state index contributed by atoms with van der Waals surface area (Å²) in [5, 5.41) is 0. The van der Waals surface area contributed by atoms with E-state index in [0.717, 1.165) is 11.3 Å². The van der Waals surface area contributed by atoms with Crippen LogP contribution >= 0.6 is 0 Å². The molecule has 108 valence electrons. The zero-order valence-corrected chi connectivity index (χ0v) is 12.3. The molecule has 4 heterocycles. The molecule has 4 rings (SSSR count). The van der Waals surface area contributed by atoms with Gasteiger partial charge in [-0.3, -0.25) is 9.97 Å². The second-order valence-electron chi connectivity index (χ2n) is 6.43. The molecule has 2 aliphatic rings. The lowest BCUT2D eigenvalue weighted by Gasteiger charge is -2.47. The topological polar surface area (TPSA) is 29.0 Å². The number of fused-ring (bicyclic) bond motifs is 2. The largest absolute Gasteiger partial charge is 0.302 e. The normalized spacial score (nSPS) is 28.3. The highest BCUT2D eigenvalue weighted by atomic mass is 15.1. The molecule has 3 heteroatoms. The quantitative estimate of drug-likeness (QED) is 0.845. The predicted molar refractivity (Wildman–Crippen MR) is 84.1 cm³/mol. The second-order valence-corrected chi connectivity index (χ2v) is 6.43. The Bertz CT molecular complexity index is 596. The van der Waals surface area contributed by atoms with E-state index in [1.807, 2.05) is 24.5 Å². The van der Waals surface area contributed by atoms with Crippen molar-refractivity contribution in [3.8, 4) is 11.3 Å². The van der Waals surface area contributed by atoms with Crippen molar-refractivity contribution in [2.45, 2.75) is 31.1 Å². The zero-order valence-electron chi connectivity index (χ0n) is 12.3. The van der Waals surface area contributed by atoms with Gasteiger partial charge in [0.2, 0.25) is 0 Å². The molecular weight excluding hydrogens is 258 g/mol. The van der Waals surface area contributed by atoms with Gasteiger partial charge in [-0.05, 0) is 62.5 Å². The van der Waals surface area contributed by atoms with Crippen LogP contribution in [-0.4, -0.2) is 34.5 Å². The molecule has 0 radical (unpaired) electrons. The van der Waals surface area contributed by atoms with Gasteiger partial charge in [0.15, 0.2) is 0 Å². The van der Waals surface area contributed by atoms with Crippen LogP contribution in [0.4, 0.5) is 0 Å².